The van der Waals surface area contributed by atoms with E-state index in [-0.39, 0.29) is 23.8 Å². The zero-order valence-electron chi connectivity index (χ0n) is 10.5. The van der Waals surface area contributed by atoms with E-state index in [1.54, 1.807) is 6.92 Å². The van der Waals surface area contributed by atoms with E-state index >= 15 is 0 Å². The van der Waals surface area contributed by atoms with Gasteiger partial charge in [0.05, 0.1) is 0 Å². The van der Waals surface area contributed by atoms with Crippen LogP contribution < -0.4 is 5.32 Å². The number of hydrogen-bond acceptors (Lipinski definition) is 3. The van der Waals surface area contributed by atoms with E-state index < -0.39 is 5.60 Å². The highest BCUT2D eigenvalue weighted by Gasteiger charge is 2.29. The number of rotatable bonds is 2. The van der Waals surface area contributed by atoms with Crippen molar-refractivity contribution in [3.05, 3.63) is 0 Å². The second kappa shape index (κ2) is 4.85. The van der Waals surface area contributed by atoms with Gasteiger partial charge in [-0.15, -0.1) is 0 Å². The Labute approximate surface area is 96.7 Å². The Kier molecular flexibility index (Phi) is 3.94. The summed E-state index contributed by atoms with van der Waals surface area (Å²) < 4.78 is 5.16. The summed E-state index contributed by atoms with van der Waals surface area (Å²) in [5.41, 5.74) is -0.470. The molecule has 1 aliphatic rings. The summed E-state index contributed by atoms with van der Waals surface area (Å²) in [6, 6.07) is 0.0868. The number of hydrogen-bond donors (Lipinski definition) is 1. The van der Waals surface area contributed by atoms with Gasteiger partial charge in [0, 0.05) is 12.0 Å². The largest absolute Gasteiger partial charge is 0.444 e. The lowest BCUT2D eigenvalue weighted by molar-refractivity contribution is -0.120. The van der Waals surface area contributed by atoms with Gasteiger partial charge in [-0.05, 0) is 47.0 Å². The normalized spacial score (nSPS) is 25.2. The average molecular weight is 227 g/mol. The van der Waals surface area contributed by atoms with Crippen LogP contribution in [0.4, 0.5) is 4.79 Å². The summed E-state index contributed by atoms with van der Waals surface area (Å²) in [5, 5.41) is 2.81. The van der Waals surface area contributed by atoms with Crippen LogP contribution in [0.15, 0.2) is 0 Å². The van der Waals surface area contributed by atoms with Gasteiger partial charge >= 0.3 is 6.09 Å². The SMILES string of the molecule is CC(=O)[C@@H]1CCC(NC(=O)OC(C)(C)C)C1. The number of carbonyl (C=O) groups excluding carboxylic acids is 2. The number of alkyl carbamates (subject to hydrolysis) is 1. The topological polar surface area (TPSA) is 55.4 Å². The molecular weight excluding hydrogens is 206 g/mol. The van der Waals surface area contributed by atoms with Crippen molar-refractivity contribution in [1.29, 1.82) is 0 Å². The van der Waals surface area contributed by atoms with Crippen molar-refractivity contribution >= 4 is 11.9 Å². The standard InChI is InChI=1S/C12H21NO3/c1-8(14)9-5-6-10(7-9)13-11(15)16-12(2,3)4/h9-10H,5-7H2,1-4H3,(H,13,15)/t9-,10?/m1/s1. The number of Topliss-reactive ketones (excluding diaryl/α,β-unsaturated/α-hetero) is 1. The molecule has 1 rings (SSSR count). The van der Waals surface area contributed by atoms with Crippen LogP contribution in [0.25, 0.3) is 0 Å². The smallest absolute Gasteiger partial charge is 0.407 e. The summed E-state index contributed by atoms with van der Waals surface area (Å²) in [6.07, 6.45) is 2.09. The Hall–Kier alpha value is -1.06. The van der Waals surface area contributed by atoms with Crippen LogP contribution in [0.1, 0.15) is 47.0 Å². The Morgan fingerprint density at radius 3 is 2.31 bits per heavy atom. The van der Waals surface area contributed by atoms with Crippen molar-refractivity contribution in [3.63, 3.8) is 0 Å². The van der Waals surface area contributed by atoms with Crippen LogP contribution in [0.5, 0.6) is 0 Å². The highest BCUT2D eigenvalue weighted by atomic mass is 16.6. The molecule has 0 spiro atoms. The van der Waals surface area contributed by atoms with E-state index in [9.17, 15) is 9.59 Å². The lowest BCUT2D eigenvalue weighted by atomic mass is 10.0. The van der Waals surface area contributed by atoms with E-state index in [2.05, 4.69) is 5.32 Å². The summed E-state index contributed by atoms with van der Waals surface area (Å²) in [6.45, 7) is 7.11. The van der Waals surface area contributed by atoms with Crippen molar-refractivity contribution in [2.45, 2.75) is 58.6 Å². The molecule has 1 N–H and O–H groups in total. The molecule has 1 aliphatic carbocycles. The quantitative estimate of drug-likeness (QED) is 0.787. The fourth-order valence-corrected chi connectivity index (χ4v) is 1.96. The van der Waals surface area contributed by atoms with Crippen LogP contribution >= 0.6 is 0 Å². The maximum atomic E-state index is 11.5. The predicted octanol–water partition coefficient (Wildman–Crippen LogP) is 2.27. The number of nitrogens with one attached hydrogen (secondary N) is 1. The molecule has 1 amide bonds. The highest BCUT2D eigenvalue weighted by Crippen LogP contribution is 2.26. The molecule has 92 valence electrons. The van der Waals surface area contributed by atoms with E-state index in [4.69, 9.17) is 4.74 Å². The number of carbonyl (C=O) groups is 2. The minimum Gasteiger partial charge on any atom is -0.444 e. The van der Waals surface area contributed by atoms with Gasteiger partial charge in [-0.3, -0.25) is 4.79 Å². The van der Waals surface area contributed by atoms with Gasteiger partial charge in [0.25, 0.3) is 0 Å². The molecular formula is C12H21NO3. The molecule has 0 saturated heterocycles. The summed E-state index contributed by atoms with van der Waals surface area (Å²) in [5.74, 6) is 0.327. The second-order valence-electron chi connectivity index (χ2n) is 5.46. The first-order valence-electron chi connectivity index (χ1n) is 5.78. The first-order valence-corrected chi connectivity index (χ1v) is 5.78. The molecule has 0 aromatic heterocycles. The second-order valence-corrected chi connectivity index (χ2v) is 5.46. The van der Waals surface area contributed by atoms with Gasteiger partial charge in [-0.1, -0.05) is 0 Å². The van der Waals surface area contributed by atoms with Crippen molar-refractivity contribution in [2.75, 3.05) is 0 Å². The molecule has 1 unspecified atom stereocenters. The van der Waals surface area contributed by atoms with E-state index in [0.717, 1.165) is 19.3 Å². The first-order chi connectivity index (χ1) is 7.28. The van der Waals surface area contributed by atoms with Gasteiger partial charge in [0.1, 0.15) is 11.4 Å². The van der Waals surface area contributed by atoms with Gasteiger partial charge in [0.15, 0.2) is 0 Å². The molecule has 1 fully saturated rings. The van der Waals surface area contributed by atoms with Crippen molar-refractivity contribution in [3.8, 4) is 0 Å². The predicted molar refractivity (Wildman–Crippen MR) is 61.2 cm³/mol. The van der Waals surface area contributed by atoms with Gasteiger partial charge in [-0.25, -0.2) is 4.79 Å². The highest BCUT2D eigenvalue weighted by molar-refractivity contribution is 5.78. The van der Waals surface area contributed by atoms with Crippen LogP contribution in [0.3, 0.4) is 0 Å². The van der Waals surface area contributed by atoms with Crippen LogP contribution in [-0.4, -0.2) is 23.5 Å². The van der Waals surface area contributed by atoms with Crippen LogP contribution in [0, 0.1) is 5.92 Å². The van der Waals surface area contributed by atoms with Crippen LogP contribution in [-0.2, 0) is 9.53 Å². The molecule has 0 aromatic carbocycles. The van der Waals surface area contributed by atoms with Gasteiger partial charge in [-0.2, -0.15) is 0 Å². The molecule has 2 atom stereocenters. The Morgan fingerprint density at radius 1 is 1.25 bits per heavy atom. The van der Waals surface area contributed by atoms with Crippen molar-refractivity contribution in [2.24, 2.45) is 5.92 Å². The minimum absolute atomic E-state index is 0.0868. The molecule has 0 bridgehead atoms. The fraction of sp³-hybridized carbons (Fsp3) is 0.833. The molecule has 1 saturated carbocycles. The molecule has 16 heavy (non-hydrogen) atoms. The maximum absolute atomic E-state index is 11.5. The summed E-state index contributed by atoms with van der Waals surface area (Å²) in [4.78, 5) is 22.6. The van der Waals surface area contributed by atoms with Crippen molar-refractivity contribution in [1.82, 2.24) is 5.32 Å². The number of ketones is 1. The third-order valence-electron chi connectivity index (χ3n) is 2.73. The molecule has 0 aliphatic heterocycles. The van der Waals surface area contributed by atoms with Gasteiger partial charge < -0.3 is 10.1 Å². The van der Waals surface area contributed by atoms with Crippen LogP contribution in [0.2, 0.25) is 0 Å². The lowest BCUT2D eigenvalue weighted by Crippen LogP contribution is -2.38. The van der Waals surface area contributed by atoms with E-state index in [1.807, 2.05) is 20.8 Å². The Bertz CT molecular complexity index is 280. The van der Waals surface area contributed by atoms with Gasteiger partial charge in [0.2, 0.25) is 0 Å². The third kappa shape index (κ3) is 4.21. The monoisotopic (exact) mass is 227 g/mol. The molecule has 4 nitrogen and oxygen atoms in total. The Morgan fingerprint density at radius 2 is 1.88 bits per heavy atom. The maximum Gasteiger partial charge on any atom is 0.407 e. The summed E-state index contributed by atoms with van der Waals surface area (Å²) >= 11 is 0. The third-order valence-corrected chi connectivity index (χ3v) is 2.73. The zero-order valence-corrected chi connectivity index (χ0v) is 10.5. The molecule has 0 heterocycles. The molecule has 4 heteroatoms. The van der Waals surface area contributed by atoms with E-state index in [1.165, 1.54) is 0 Å². The fourth-order valence-electron chi connectivity index (χ4n) is 1.96. The number of amides is 1. The number of ether oxygens (including phenoxy) is 1. The Balaban J connectivity index is 2.34. The average Bonchev–Trinajstić information content (AvgIpc) is 2.48. The minimum atomic E-state index is -0.470. The van der Waals surface area contributed by atoms with E-state index in [0.29, 0.717) is 0 Å². The zero-order chi connectivity index (χ0) is 12.3. The van der Waals surface area contributed by atoms with Crippen molar-refractivity contribution < 1.29 is 14.3 Å². The lowest BCUT2D eigenvalue weighted by Gasteiger charge is -2.21. The molecule has 0 aromatic rings. The first kappa shape index (κ1) is 13.0. The molecule has 0 radical (unpaired) electrons. The summed E-state index contributed by atoms with van der Waals surface area (Å²) in [7, 11) is 0.